The molecule has 0 radical (unpaired) electrons. The normalized spacial score (nSPS) is 10.5. The molecule has 0 saturated carbocycles. The van der Waals surface area contributed by atoms with Crippen molar-refractivity contribution in [3.8, 4) is 0 Å². The van der Waals surface area contributed by atoms with E-state index < -0.39 is 5.97 Å². The molecule has 0 heterocycles. The molecule has 1 N–H and O–H groups in total. The fourth-order valence-corrected chi connectivity index (χ4v) is 1.02. The second-order valence-corrected chi connectivity index (χ2v) is 3.41. The van der Waals surface area contributed by atoms with E-state index in [9.17, 15) is 4.79 Å². The van der Waals surface area contributed by atoms with E-state index in [1.165, 1.54) is 0 Å². The van der Waals surface area contributed by atoms with Gasteiger partial charge in [-0.3, -0.25) is 0 Å². The fraction of sp³-hybridized carbons (Fsp3) is 0.462. The molecule has 0 aromatic carbocycles. The summed E-state index contributed by atoms with van der Waals surface area (Å²) >= 11 is 0. The average molecular weight is 224 g/mol. The largest absolute Gasteiger partial charge is 0.478 e. The average Bonchev–Trinajstić information content (AvgIpc) is 2.26. The minimum Gasteiger partial charge on any atom is -0.478 e. The number of allylic oxidation sites excluding steroid dienone is 3. The Morgan fingerprint density at radius 2 is 2.06 bits per heavy atom. The molecule has 0 aromatic heterocycles. The first-order chi connectivity index (χ1) is 7.68. The number of unbranched alkanes of at least 4 members (excludes halogenated alkanes) is 1. The standard InChI is InChI=1S/C13H20O3/c1-3-4-5-6-7-8-10-16-11-9-12(2)13(14)15/h3,5-6H,1-2,4,7-11H2,(H,14,15)/b6-5-. The van der Waals surface area contributed by atoms with Crippen LogP contribution in [0.1, 0.15) is 25.7 Å². The van der Waals surface area contributed by atoms with Crippen molar-refractivity contribution in [3.63, 3.8) is 0 Å². The number of hydrogen-bond acceptors (Lipinski definition) is 2. The molecule has 0 aliphatic rings. The monoisotopic (exact) mass is 224 g/mol. The Hall–Kier alpha value is -1.35. The molecule has 0 bridgehead atoms. The second-order valence-electron chi connectivity index (χ2n) is 3.41. The molecular weight excluding hydrogens is 204 g/mol. The number of carboxylic acid groups (broad SMARTS) is 1. The summed E-state index contributed by atoms with van der Waals surface area (Å²) in [5.74, 6) is -0.948. The van der Waals surface area contributed by atoms with E-state index in [1.54, 1.807) is 0 Å². The van der Waals surface area contributed by atoms with Crippen LogP contribution in [0, 0.1) is 0 Å². The first kappa shape index (κ1) is 14.6. The maximum atomic E-state index is 10.4. The van der Waals surface area contributed by atoms with Gasteiger partial charge in [0.15, 0.2) is 0 Å². The van der Waals surface area contributed by atoms with Crippen LogP contribution >= 0.6 is 0 Å². The maximum absolute atomic E-state index is 10.4. The van der Waals surface area contributed by atoms with E-state index in [1.807, 2.05) is 6.08 Å². The highest BCUT2D eigenvalue weighted by Crippen LogP contribution is 1.99. The molecule has 0 aliphatic heterocycles. The van der Waals surface area contributed by atoms with Crippen LogP contribution in [0.25, 0.3) is 0 Å². The maximum Gasteiger partial charge on any atom is 0.331 e. The summed E-state index contributed by atoms with van der Waals surface area (Å²) in [7, 11) is 0. The lowest BCUT2D eigenvalue weighted by atomic mass is 10.2. The Morgan fingerprint density at radius 3 is 2.69 bits per heavy atom. The van der Waals surface area contributed by atoms with Gasteiger partial charge in [-0.1, -0.05) is 24.8 Å². The number of carbonyl (C=O) groups is 1. The Kier molecular flexibility index (Phi) is 9.32. The first-order valence-corrected chi connectivity index (χ1v) is 5.43. The number of ether oxygens (including phenoxy) is 1. The summed E-state index contributed by atoms with van der Waals surface area (Å²) in [6.07, 6.45) is 9.24. The number of carboxylic acids is 1. The van der Waals surface area contributed by atoms with Crippen molar-refractivity contribution in [1.82, 2.24) is 0 Å². The summed E-state index contributed by atoms with van der Waals surface area (Å²) in [5, 5.41) is 8.53. The molecule has 0 aromatic rings. The minimum absolute atomic E-state index is 0.200. The molecule has 90 valence electrons. The van der Waals surface area contributed by atoms with E-state index in [-0.39, 0.29) is 5.57 Å². The molecule has 0 rings (SSSR count). The highest BCUT2D eigenvalue weighted by atomic mass is 16.5. The van der Waals surface area contributed by atoms with Gasteiger partial charge in [-0.05, 0) is 19.3 Å². The Balaban J connectivity index is 3.24. The third kappa shape index (κ3) is 9.21. The molecule has 3 nitrogen and oxygen atoms in total. The molecule has 0 unspecified atom stereocenters. The van der Waals surface area contributed by atoms with Crippen LogP contribution in [0.5, 0.6) is 0 Å². The lowest BCUT2D eigenvalue weighted by Gasteiger charge is -2.02. The molecule has 3 heteroatoms. The first-order valence-electron chi connectivity index (χ1n) is 5.43. The van der Waals surface area contributed by atoms with Crippen LogP contribution in [0.2, 0.25) is 0 Å². The molecule has 0 aliphatic carbocycles. The van der Waals surface area contributed by atoms with Gasteiger partial charge in [0.05, 0.1) is 6.61 Å². The van der Waals surface area contributed by atoms with E-state index in [0.29, 0.717) is 19.6 Å². The summed E-state index contributed by atoms with van der Waals surface area (Å²) < 4.78 is 5.28. The topological polar surface area (TPSA) is 46.5 Å². The van der Waals surface area contributed by atoms with Gasteiger partial charge in [-0.25, -0.2) is 4.79 Å². The summed E-state index contributed by atoms with van der Waals surface area (Å²) in [6, 6.07) is 0. The van der Waals surface area contributed by atoms with Gasteiger partial charge in [-0.15, -0.1) is 6.58 Å². The second kappa shape index (κ2) is 10.2. The zero-order valence-corrected chi connectivity index (χ0v) is 9.65. The number of aliphatic carboxylic acids is 1. The van der Waals surface area contributed by atoms with Crippen molar-refractivity contribution in [2.45, 2.75) is 25.7 Å². The van der Waals surface area contributed by atoms with Crippen molar-refractivity contribution in [1.29, 1.82) is 0 Å². The van der Waals surface area contributed by atoms with E-state index in [0.717, 1.165) is 19.3 Å². The Morgan fingerprint density at radius 1 is 1.31 bits per heavy atom. The van der Waals surface area contributed by atoms with Crippen LogP contribution < -0.4 is 0 Å². The zero-order chi connectivity index (χ0) is 12.2. The quantitative estimate of drug-likeness (QED) is 0.352. The van der Waals surface area contributed by atoms with Gasteiger partial charge in [0.2, 0.25) is 0 Å². The van der Waals surface area contributed by atoms with E-state index >= 15 is 0 Å². The number of rotatable bonds is 10. The van der Waals surface area contributed by atoms with Gasteiger partial charge in [0, 0.05) is 18.6 Å². The van der Waals surface area contributed by atoms with Crippen molar-refractivity contribution < 1.29 is 14.6 Å². The highest BCUT2D eigenvalue weighted by Gasteiger charge is 2.02. The third-order valence-corrected chi connectivity index (χ3v) is 1.98. The number of hydrogen-bond donors (Lipinski definition) is 1. The summed E-state index contributed by atoms with van der Waals surface area (Å²) in [6.45, 7) is 8.13. The van der Waals surface area contributed by atoms with Crippen LogP contribution in [0.3, 0.4) is 0 Å². The molecule has 0 amide bonds. The lowest BCUT2D eigenvalue weighted by Crippen LogP contribution is -2.04. The van der Waals surface area contributed by atoms with Gasteiger partial charge >= 0.3 is 5.97 Å². The van der Waals surface area contributed by atoms with Gasteiger partial charge in [0.1, 0.15) is 0 Å². The zero-order valence-electron chi connectivity index (χ0n) is 9.65. The van der Waals surface area contributed by atoms with E-state index in [2.05, 4.69) is 25.3 Å². The predicted molar refractivity (Wildman–Crippen MR) is 65.4 cm³/mol. The molecule has 0 atom stereocenters. The minimum atomic E-state index is -0.948. The SMILES string of the molecule is C=CC/C=C\CCCOCCC(=C)C(=O)O. The lowest BCUT2D eigenvalue weighted by molar-refractivity contribution is -0.132. The molecule has 0 spiro atoms. The van der Waals surface area contributed by atoms with Crippen molar-refractivity contribution in [3.05, 3.63) is 37.0 Å². The van der Waals surface area contributed by atoms with Crippen molar-refractivity contribution in [2.24, 2.45) is 0 Å². The molecule has 0 fully saturated rings. The highest BCUT2D eigenvalue weighted by molar-refractivity contribution is 5.85. The molecular formula is C13H20O3. The predicted octanol–water partition coefficient (Wildman–Crippen LogP) is 2.95. The van der Waals surface area contributed by atoms with E-state index in [4.69, 9.17) is 9.84 Å². The van der Waals surface area contributed by atoms with Crippen molar-refractivity contribution >= 4 is 5.97 Å². The van der Waals surface area contributed by atoms with Crippen LogP contribution in [-0.4, -0.2) is 24.3 Å². The fourth-order valence-electron chi connectivity index (χ4n) is 1.02. The Labute approximate surface area is 97.1 Å². The Bertz CT molecular complexity index is 254. The van der Waals surface area contributed by atoms with Crippen LogP contribution in [-0.2, 0) is 9.53 Å². The van der Waals surface area contributed by atoms with Gasteiger partial charge in [0.25, 0.3) is 0 Å². The van der Waals surface area contributed by atoms with Crippen molar-refractivity contribution in [2.75, 3.05) is 13.2 Å². The van der Waals surface area contributed by atoms with Gasteiger partial charge < -0.3 is 9.84 Å². The van der Waals surface area contributed by atoms with Gasteiger partial charge in [-0.2, -0.15) is 0 Å². The van der Waals surface area contributed by atoms with Crippen LogP contribution in [0.15, 0.2) is 37.0 Å². The smallest absolute Gasteiger partial charge is 0.331 e. The molecule has 16 heavy (non-hydrogen) atoms. The summed E-state index contributed by atoms with van der Waals surface area (Å²) in [4.78, 5) is 10.4. The summed E-state index contributed by atoms with van der Waals surface area (Å²) in [5.41, 5.74) is 0.200. The molecule has 0 saturated heterocycles. The van der Waals surface area contributed by atoms with Crippen LogP contribution in [0.4, 0.5) is 0 Å². The third-order valence-electron chi connectivity index (χ3n) is 1.98.